The van der Waals surface area contributed by atoms with Crippen molar-refractivity contribution in [2.24, 2.45) is 0 Å². The summed E-state index contributed by atoms with van der Waals surface area (Å²) in [6.45, 7) is 8.78. The quantitative estimate of drug-likeness (QED) is 0.736. The van der Waals surface area contributed by atoms with Gasteiger partial charge in [0.15, 0.2) is 0 Å². The van der Waals surface area contributed by atoms with Gasteiger partial charge >= 0.3 is 12.1 Å². The van der Waals surface area contributed by atoms with Crippen LogP contribution in [0.2, 0.25) is 0 Å². The Morgan fingerprint density at radius 1 is 1.10 bits per heavy atom. The standard InChI is InChI=1S/C23H27NO5/c1-22(2,3)29-21(26)24-19(13-16-14-20(25)28-23(4,5)27-16)18-12-8-10-15-9-6-7-11-17(15)18/h6-12,14,19H,13H2,1-5H3,(H,24,26)/t19-/m1/s1. The third-order valence-corrected chi connectivity index (χ3v) is 4.30. The van der Waals surface area contributed by atoms with E-state index in [1.807, 2.05) is 63.2 Å². The van der Waals surface area contributed by atoms with Crippen molar-refractivity contribution in [1.82, 2.24) is 5.32 Å². The number of carbonyl (C=O) groups excluding carboxylic acids is 2. The first-order valence-corrected chi connectivity index (χ1v) is 9.62. The van der Waals surface area contributed by atoms with Gasteiger partial charge < -0.3 is 19.5 Å². The predicted molar refractivity (Wildman–Crippen MR) is 110 cm³/mol. The van der Waals surface area contributed by atoms with Crippen LogP contribution >= 0.6 is 0 Å². The maximum Gasteiger partial charge on any atom is 0.408 e. The van der Waals surface area contributed by atoms with Crippen molar-refractivity contribution < 1.29 is 23.8 Å². The van der Waals surface area contributed by atoms with Gasteiger partial charge in [0.05, 0.1) is 12.1 Å². The summed E-state index contributed by atoms with van der Waals surface area (Å²) in [5.41, 5.74) is 0.287. The maximum atomic E-state index is 12.5. The van der Waals surface area contributed by atoms with Crippen LogP contribution in [-0.2, 0) is 19.0 Å². The SMILES string of the molecule is CC(C)(C)OC(=O)N[C@H](CC1=CC(=O)OC(C)(C)O1)c1cccc2ccccc12. The molecule has 0 unspecified atom stereocenters. The van der Waals surface area contributed by atoms with E-state index in [2.05, 4.69) is 5.32 Å². The molecule has 0 fully saturated rings. The fourth-order valence-corrected chi connectivity index (χ4v) is 3.31. The molecule has 0 aliphatic carbocycles. The Labute approximate surface area is 170 Å². The van der Waals surface area contributed by atoms with E-state index < -0.39 is 29.5 Å². The fourth-order valence-electron chi connectivity index (χ4n) is 3.31. The van der Waals surface area contributed by atoms with E-state index >= 15 is 0 Å². The summed E-state index contributed by atoms with van der Waals surface area (Å²) in [7, 11) is 0. The van der Waals surface area contributed by atoms with Crippen molar-refractivity contribution in [3.8, 4) is 0 Å². The number of benzene rings is 2. The van der Waals surface area contributed by atoms with Crippen LogP contribution in [0.4, 0.5) is 4.79 Å². The first-order valence-electron chi connectivity index (χ1n) is 9.62. The molecule has 2 aromatic carbocycles. The molecule has 6 nitrogen and oxygen atoms in total. The number of esters is 1. The highest BCUT2D eigenvalue weighted by atomic mass is 16.7. The lowest BCUT2D eigenvalue weighted by molar-refractivity contribution is -0.206. The lowest BCUT2D eigenvalue weighted by Crippen LogP contribution is -2.37. The van der Waals surface area contributed by atoms with Crippen molar-refractivity contribution in [2.75, 3.05) is 0 Å². The smallest absolute Gasteiger partial charge is 0.408 e. The van der Waals surface area contributed by atoms with E-state index in [0.717, 1.165) is 16.3 Å². The summed E-state index contributed by atoms with van der Waals surface area (Å²) in [6.07, 6.45) is 1.07. The van der Waals surface area contributed by atoms with E-state index in [9.17, 15) is 9.59 Å². The molecule has 0 bridgehead atoms. The Morgan fingerprint density at radius 3 is 2.48 bits per heavy atom. The van der Waals surface area contributed by atoms with Crippen LogP contribution in [0, 0.1) is 0 Å². The zero-order valence-corrected chi connectivity index (χ0v) is 17.4. The molecule has 1 atom stereocenters. The van der Waals surface area contributed by atoms with Gasteiger partial charge in [-0.05, 0) is 37.1 Å². The van der Waals surface area contributed by atoms with Crippen LogP contribution in [0.25, 0.3) is 10.8 Å². The number of hydrogen-bond donors (Lipinski definition) is 1. The Bertz CT molecular complexity index is 950. The van der Waals surface area contributed by atoms with Gasteiger partial charge in [0.1, 0.15) is 11.4 Å². The van der Waals surface area contributed by atoms with Crippen molar-refractivity contribution in [3.05, 3.63) is 59.9 Å². The Hall–Kier alpha value is -3.02. The van der Waals surface area contributed by atoms with Gasteiger partial charge in [-0.2, -0.15) is 0 Å². The molecule has 3 rings (SSSR count). The second-order valence-electron chi connectivity index (χ2n) is 8.50. The van der Waals surface area contributed by atoms with Gasteiger partial charge in [-0.3, -0.25) is 0 Å². The van der Waals surface area contributed by atoms with Crippen LogP contribution in [0.3, 0.4) is 0 Å². The molecule has 29 heavy (non-hydrogen) atoms. The second-order valence-corrected chi connectivity index (χ2v) is 8.50. The van der Waals surface area contributed by atoms with E-state index in [0.29, 0.717) is 5.76 Å². The van der Waals surface area contributed by atoms with Crippen molar-refractivity contribution >= 4 is 22.8 Å². The summed E-state index contributed by atoms with van der Waals surface area (Å²) >= 11 is 0. The number of amides is 1. The number of fused-ring (bicyclic) bond motifs is 1. The summed E-state index contributed by atoms with van der Waals surface area (Å²) in [5.74, 6) is -1.08. The predicted octanol–water partition coefficient (Wildman–Crippen LogP) is 4.99. The molecule has 1 aliphatic heterocycles. The Morgan fingerprint density at radius 2 is 1.79 bits per heavy atom. The second kappa shape index (κ2) is 7.78. The number of rotatable bonds is 4. The highest BCUT2D eigenvalue weighted by Gasteiger charge is 2.32. The van der Waals surface area contributed by atoms with Crippen LogP contribution in [0.1, 0.15) is 52.6 Å². The molecule has 1 aliphatic rings. The molecule has 0 aromatic heterocycles. The average molecular weight is 397 g/mol. The topological polar surface area (TPSA) is 73.9 Å². The van der Waals surface area contributed by atoms with Gasteiger partial charge in [-0.15, -0.1) is 0 Å². The molecule has 0 radical (unpaired) electrons. The van der Waals surface area contributed by atoms with Crippen molar-refractivity contribution in [2.45, 2.75) is 58.5 Å². The van der Waals surface area contributed by atoms with Gasteiger partial charge in [-0.1, -0.05) is 42.5 Å². The van der Waals surface area contributed by atoms with Crippen LogP contribution < -0.4 is 5.32 Å². The molecule has 0 spiro atoms. The van der Waals surface area contributed by atoms with Crippen molar-refractivity contribution in [1.29, 1.82) is 0 Å². The molecule has 6 heteroatoms. The zero-order valence-electron chi connectivity index (χ0n) is 17.4. The molecule has 1 heterocycles. The minimum Gasteiger partial charge on any atom is -0.457 e. The number of hydrogen-bond acceptors (Lipinski definition) is 5. The molecule has 0 saturated carbocycles. The number of nitrogens with one attached hydrogen (secondary N) is 1. The van der Waals surface area contributed by atoms with Crippen LogP contribution in [0.15, 0.2) is 54.3 Å². The Balaban J connectivity index is 1.96. The van der Waals surface area contributed by atoms with E-state index in [1.54, 1.807) is 13.8 Å². The van der Waals surface area contributed by atoms with Crippen LogP contribution in [0.5, 0.6) is 0 Å². The summed E-state index contributed by atoms with van der Waals surface area (Å²) in [5, 5.41) is 5.00. The summed E-state index contributed by atoms with van der Waals surface area (Å²) < 4.78 is 16.4. The number of ether oxygens (including phenoxy) is 3. The first kappa shape index (κ1) is 20.7. The monoisotopic (exact) mass is 397 g/mol. The summed E-state index contributed by atoms with van der Waals surface area (Å²) in [4.78, 5) is 24.5. The highest BCUT2D eigenvalue weighted by molar-refractivity contribution is 5.87. The third-order valence-electron chi connectivity index (χ3n) is 4.30. The summed E-state index contributed by atoms with van der Waals surface area (Å²) in [6, 6.07) is 13.4. The molecule has 1 N–H and O–H groups in total. The van der Waals surface area contributed by atoms with E-state index in [4.69, 9.17) is 14.2 Å². The normalized spacial score (nSPS) is 17.0. The lowest BCUT2D eigenvalue weighted by atomic mass is 9.96. The van der Waals surface area contributed by atoms with E-state index in [-0.39, 0.29) is 6.42 Å². The van der Waals surface area contributed by atoms with Gasteiger partial charge in [0, 0.05) is 20.3 Å². The minimum absolute atomic E-state index is 0.284. The number of carbonyl (C=O) groups is 2. The first-order chi connectivity index (χ1) is 13.5. The largest absolute Gasteiger partial charge is 0.457 e. The lowest BCUT2D eigenvalue weighted by Gasteiger charge is -2.32. The minimum atomic E-state index is -1.06. The van der Waals surface area contributed by atoms with Crippen molar-refractivity contribution in [3.63, 3.8) is 0 Å². The zero-order chi connectivity index (χ0) is 21.2. The average Bonchev–Trinajstić information content (AvgIpc) is 2.57. The molecule has 2 aromatic rings. The van der Waals surface area contributed by atoms with Gasteiger partial charge in [0.2, 0.25) is 5.79 Å². The molecule has 0 saturated heterocycles. The highest BCUT2D eigenvalue weighted by Crippen LogP contribution is 2.32. The third kappa shape index (κ3) is 5.50. The molecule has 1 amide bonds. The fraction of sp³-hybridized carbons (Fsp3) is 0.391. The molecule has 154 valence electrons. The molecular weight excluding hydrogens is 370 g/mol. The van der Waals surface area contributed by atoms with Crippen LogP contribution in [-0.4, -0.2) is 23.5 Å². The van der Waals surface area contributed by atoms with E-state index in [1.165, 1.54) is 6.08 Å². The number of cyclic esters (lactones) is 1. The van der Waals surface area contributed by atoms with Gasteiger partial charge in [0.25, 0.3) is 0 Å². The Kier molecular flexibility index (Phi) is 5.55. The van der Waals surface area contributed by atoms with Gasteiger partial charge in [-0.25, -0.2) is 9.59 Å². The molecular formula is C23H27NO5. The maximum absolute atomic E-state index is 12.5. The number of alkyl carbamates (subject to hydrolysis) is 1.